The first-order valence-corrected chi connectivity index (χ1v) is 10.6. The molecule has 0 aliphatic rings. The average Bonchev–Trinajstić information content (AvgIpc) is 2.53. The molecule has 0 aliphatic heterocycles. The molecule has 0 saturated carbocycles. The Morgan fingerprint density at radius 2 is 1.00 bits per heavy atom. The van der Waals surface area contributed by atoms with Crippen molar-refractivity contribution in [3.63, 3.8) is 0 Å². The number of unbranched alkanes of at least 4 members (excludes halogenated alkanes) is 14. The molecule has 24 heavy (non-hydrogen) atoms. The molecule has 0 rings (SSSR count). The van der Waals surface area contributed by atoms with Gasteiger partial charge < -0.3 is 10.4 Å². The van der Waals surface area contributed by atoms with Crippen molar-refractivity contribution < 1.29 is 9.90 Å². The van der Waals surface area contributed by atoms with Crippen molar-refractivity contribution in [2.24, 2.45) is 5.92 Å². The van der Waals surface area contributed by atoms with E-state index in [2.05, 4.69) is 19.2 Å². The van der Waals surface area contributed by atoms with Gasteiger partial charge in [0.1, 0.15) is 0 Å². The number of nitrogens with one attached hydrogen (secondary N) is 1. The molecule has 0 saturated heterocycles. The Hall–Kier alpha value is -0.730. The van der Waals surface area contributed by atoms with E-state index < -0.39 is 6.09 Å². The van der Waals surface area contributed by atoms with E-state index in [1.165, 1.54) is 89.9 Å². The summed E-state index contributed by atoms with van der Waals surface area (Å²) in [7, 11) is 0. The van der Waals surface area contributed by atoms with Crippen molar-refractivity contribution in [3.05, 3.63) is 0 Å². The predicted molar refractivity (Wildman–Crippen MR) is 105 cm³/mol. The summed E-state index contributed by atoms with van der Waals surface area (Å²) < 4.78 is 0. The molecule has 3 nitrogen and oxygen atoms in total. The first kappa shape index (κ1) is 23.3. The van der Waals surface area contributed by atoms with Crippen LogP contribution in [0.4, 0.5) is 4.79 Å². The highest BCUT2D eigenvalue weighted by molar-refractivity contribution is 5.64. The lowest BCUT2D eigenvalue weighted by Crippen LogP contribution is -2.21. The Balaban J connectivity index is 2.99. The van der Waals surface area contributed by atoms with Crippen LogP contribution in [0, 0.1) is 5.92 Å². The van der Waals surface area contributed by atoms with Gasteiger partial charge in [0.25, 0.3) is 0 Å². The monoisotopic (exact) mass is 341 g/mol. The summed E-state index contributed by atoms with van der Waals surface area (Å²) in [5.74, 6) is 0.874. The van der Waals surface area contributed by atoms with Crippen molar-refractivity contribution in [1.82, 2.24) is 5.32 Å². The van der Waals surface area contributed by atoms with Crippen LogP contribution in [0.3, 0.4) is 0 Å². The number of amides is 1. The number of hydrogen-bond acceptors (Lipinski definition) is 1. The Morgan fingerprint density at radius 1 is 0.667 bits per heavy atom. The zero-order chi connectivity index (χ0) is 17.9. The Bertz CT molecular complexity index is 267. The van der Waals surface area contributed by atoms with E-state index >= 15 is 0 Å². The van der Waals surface area contributed by atoms with Gasteiger partial charge in [-0.15, -0.1) is 0 Å². The van der Waals surface area contributed by atoms with Gasteiger partial charge >= 0.3 is 6.09 Å². The molecule has 0 aliphatic carbocycles. The maximum Gasteiger partial charge on any atom is 0.404 e. The fraction of sp³-hybridized carbons (Fsp3) is 0.952. The van der Waals surface area contributed by atoms with Crippen LogP contribution in [0.5, 0.6) is 0 Å². The van der Waals surface area contributed by atoms with Crippen LogP contribution in [0.25, 0.3) is 0 Å². The summed E-state index contributed by atoms with van der Waals surface area (Å²) in [6.45, 7) is 5.24. The van der Waals surface area contributed by atoms with Crippen molar-refractivity contribution in [3.8, 4) is 0 Å². The van der Waals surface area contributed by atoms with E-state index in [0.29, 0.717) is 6.54 Å². The second-order valence-corrected chi connectivity index (χ2v) is 7.72. The van der Waals surface area contributed by atoms with Crippen LogP contribution in [0.15, 0.2) is 0 Å². The quantitative estimate of drug-likeness (QED) is 0.260. The number of hydrogen-bond donors (Lipinski definition) is 2. The van der Waals surface area contributed by atoms with Crippen LogP contribution in [0.2, 0.25) is 0 Å². The molecule has 0 fully saturated rings. The molecule has 3 heteroatoms. The third-order valence-electron chi connectivity index (χ3n) is 4.73. The minimum absolute atomic E-state index is 0.604. The molecular weight excluding hydrogens is 298 g/mol. The van der Waals surface area contributed by atoms with Crippen LogP contribution < -0.4 is 5.32 Å². The van der Waals surface area contributed by atoms with E-state index in [-0.39, 0.29) is 0 Å². The van der Waals surface area contributed by atoms with E-state index in [1.54, 1.807) is 0 Å². The van der Waals surface area contributed by atoms with Gasteiger partial charge in [-0.1, -0.05) is 110 Å². The maximum atomic E-state index is 10.3. The van der Waals surface area contributed by atoms with Crippen molar-refractivity contribution >= 4 is 6.09 Å². The molecule has 0 aromatic rings. The Labute approximate surface area is 151 Å². The fourth-order valence-corrected chi connectivity index (χ4v) is 3.17. The summed E-state index contributed by atoms with van der Waals surface area (Å²) in [6, 6.07) is 0. The smallest absolute Gasteiger partial charge is 0.404 e. The maximum absolute atomic E-state index is 10.3. The van der Waals surface area contributed by atoms with Gasteiger partial charge in [-0.2, -0.15) is 0 Å². The predicted octanol–water partition coefficient (Wildman–Crippen LogP) is 7.15. The Morgan fingerprint density at radius 3 is 1.33 bits per heavy atom. The summed E-state index contributed by atoms with van der Waals surface area (Å²) in [5, 5.41) is 10.9. The zero-order valence-corrected chi connectivity index (χ0v) is 16.5. The van der Waals surface area contributed by atoms with Crippen molar-refractivity contribution in [1.29, 1.82) is 0 Å². The second-order valence-electron chi connectivity index (χ2n) is 7.72. The summed E-state index contributed by atoms with van der Waals surface area (Å²) in [5.41, 5.74) is 0. The highest BCUT2D eigenvalue weighted by atomic mass is 16.4. The zero-order valence-electron chi connectivity index (χ0n) is 16.5. The number of carboxylic acid groups (broad SMARTS) is 1. The van der Waals surface area contributed by atoms with Crippen LogP contribution in [-0.2, 0) is 0 Å². The minimum Gasteiger partial charge on any atom is -0.465 e. The number of carbonyl (C=O) groups is 1. The normalized spacial score (nSPS) is 11.1. The molecule has 2 N–H and O–H groups in total. The van der Waals surface area contributed by atoms with Gasteiger partial charge in [0.15, 0.2) is 0 Å². The van der Waals surface area contributed by atoms with Crippen LogP contribution in [-0.4, -0.2) is 17.7 Å². The lowest BCUT2D eigenvalue weighted by atomic mass is 10.0. The van der Waals surface area contributed by atoms with E-state index in [9.17, 15) is 4.79 Å². The Kier molecular flexibility index (Phi) is 18.0. The molecule has 144 valence electrons. The molecule has 0 unspecified atom stereocenters. The van der Waals surface area contributed by atoms with E-state index in [1.807, 2.05) is 0 Å². The molecule has 0 aromatic heterocycles. The average molecular weight is 342 g/mol. The molecule has 0 radical (unpaired) electrons. The van der Waals surface area contributed by atoms with Crippen LogP contribution >= 0.6 is 0 Å². The second kappa shape index (κ2) is 18.6. The van der Waals surface area contributed by atoms with Crippen molar-refractivity contribution in [2.75, 3.05) is 6.54 Å². The molecule has 0 heterocycles. The molecule has 0 spiro atoms. The molecule has 0 aromatic carbocycles. The molecule has 0 bridgehead atoms. The van der Waals surface area contributed by atoms with Crippen LogP contribution in [0.1, 0.15) is 117 Å². The van der Waals surface area contributed by atoms with Gasteiger partial charge in [-0.05, 0) is 12.3 Å². The molecular formula is C21H43NO2. The SMILES string of the molecule is CC(C)CCCCCCCCCCCCCCCCCNC(=O)O. The van der Waals surface area contributed by atoms with E-state index in [0.717, 1.165) is 18.8 Å². The van der Waals surface area contributed by atoms with Gasteiger partial charge in [-0.25, -0.2) is 4.79 Å². The topological polar surface area (TPSA) is 49.3 Å². The first-order valence-electron chi connectivity index (χ1n) is 10.6. The fourth-order valence-electron chi connectivity index (χ4n) is 3.17. The highest BCUT2D eigenvalue weighted by Crippen LogP contribution is 2.14. The van der Waals surface area contributed by atoms with Crippen molar-refractivity contribution in [2.45, 2.75) is 117 Å². The lowest BCUT2D eigenvalue weighted by Gasteiger charge is -2.05. The third kappa shape index (κ3) is 21.3. The van der Waals surface area contributed by atoms with Gasteiger partial charge in [0.2, 0.25) is 0 Å². The standard InChI is InChI=1S/C21H43NO2/c1-20(2)18-16-14-12-10-8-6-4-3-5-7-9-11-13-15-17-19-22-21(23)24/h20,22H,3-19H2,1-2H3,(H,23,24). The third-order valence-corrected chi connectivity index (χ3v) is 4.73. The highest BCUT2D eigenvalue weighted by Gasteiger charge is 1.96. The lowest BCUT2D eigenvalue weighted by molar-refractivity contribution is 0.194. The summed E-state index contributed by atoms with van der Waals surface area (Å²) in [4.78, 5) is 10.3. The van der Waals surface area contributed by atoms with E-state index in [4.69, 9.17) is 5.11 Å². The number of rotatable bonds is 18. The summed E-state index contributed by atoms with van der Waals surface area (Å²) >= 11 is 0. The molecule has 1 amide bonds. The largest absolute Gasteiger partial charge is 0.465 e. The minimum atomic E-state index is -0.902. The first-order chi connectivity index (χ1) is 11.6. The molecule has 0 atom stereocenters. The van der Waals surface area contributed by atoms with Gasteiger partial charge in [0.05, 0.1) is 0 Å². The summed E-state index contributed by atoms with van der Waals surface area (Å²) in [6.07, 6.45) is 20.8. The van der Waals surface area contributed by atoms with Gasteiger partial charge in [0, 0.05) is 6.54 Å². The van der Waals surface area contributed by atoms with Gasteiger partial charge in [-0.3, -0.25) is 0 Å².